The monoisotopic (exact) mass is 277 g/mol. The number of nitrogens with one attached hydrogen (secondary N) is 1. The van der Waals surface area contributed by atoms with Crippen LogP contribution in [0.25, 0.3) is 0 Å². The molecule has 1 aliphatic rings. The standard InChI is InChI=1S/C10H13Cl2N3O2/c1-5(2)6-13-8(17-15-6)14-7(16)9(3)4-10(9,11)12/h5H,4H2,1-3H3,(H,13,14,15,16). The fraction of sp³-hybridized carbons (Fsp3) is 0.700. The van der Waals surface area contributed by atoms with Crippen molar-refractivity contribution in [2.45, 2.75) is 37.4 Å². The number of hydrogen-bond acceptors (Lipinski definition) is 4. The van der Waals surface area contributed by atoms with Crippen LogP contribution in [0.1, 0.15) is 38.9 Å². The fourth-order valence-electron chi connectivity index (χ4n) is 1.40. The Bertz CT molecular complexity index is 458. The second-order valence-corrected chi connectivity index (χ2v) is 6.26. The summed E-state index contributed by atoms with van der Waals surface area (Å²) < 4.78 is 3.91. The van der Waals surface area contributed by atoms with Crippen molar-refractivity contribution in [2.75, 3.05) is 5.32 Å². The Morgan fingerprint density at radius 3 is 2.53 bits per heavy atom. The summed E-state index contributed by atoms with van der Waals surface area (Å²) in [5.74, 6) is 0.381. The summed E-state index contributed by atoms with van der Waals surface area (Å²) in [6.07, 6.45) is 0.417. The van der Waals surface area contributed by atoms with E-state index in [2.05, 4.69) is 15.5 Å². The molecular formula is C10H13Cl2N3O2. The molecule has 1 atom stereocenters. The van der Waals surface area contributed by atoms with Gasteiger partial charge in [-0.2, -0.15) is 4.98 Å². The first-order chi connectivity index (χ1) is 7.76. The van der Waals surface area contributed by atoms with Gasteiger partial charge in [-0.15, -0.1) is 23.2 Å². The number of nitrogens with zero attached hydrogens (tertiary/aromatic N) is 2. The molecule has 1 amide bonds. The zero-order valence-electron chi connectivity index (χ0n) is 9.75. The van der Waals surface area contributed by atoms with Gasteiger partial charge in [0.2, 0.25) is 5.91 Å². The van der Waals surface area contributed by atoms with Gasteiger partial charge in [0.05, 0.1) is 5.41 Å². The highest BCUT2D eigenvalue weighted by Gasteiger charge is 2.68. The summed E-state index contributed by atoms with van der Waals surface area (Å²) in [5, 5.41) is 6.27. The Hall–Kier alpha value is -0.810. The van der Waals surface area contributed by atoms with Gasteiger partial charge < -0.3 is 4.52 Å². The number of carbonyl (C=O) groups excluding carboxylic acids is 1. The molecule has 1 N–H and O–H groups in total. The SMILES string of the molecule is CC(C)c1noc(NC(=O)C2(C)CC2(Cl)Cl)n1. The lowest BCUT2D eigenvalue weighted by molar-refractivity contribution is -0.120. The number of halogens is 2. The molecular weight excluding hydrogens is 265 g/mol. The van der Waals surface area contributed by atoms with Crippen molar-refractivity contribution in [1.29, 1.82) is 0 Å². The number of hydrogen-bond donors (Lipinski definition) is 1. The van der Waals surface area contributed by atoms with Gasteiger partial charge in [-0.3, -0.25) is 10.1 Å². The molecule has 0 spiro atoms. The zero-order chi connectivity index (χ0) is 12.8. The van der Waals surface area contributed by atoms with Crippen LogP contribution in [0.4, 0.5) is 6.01 Å². The van der Waals surface area contributed by atoms with Crippen LogP contribution in [0.5, 0.6) is 0 Å². The molecule has 1 unspecified atom stereocenters. The molecule has 94 valence electrons. The first kappa shape index (κ1) is 12.6. The predicted molar refractivity (Wildman–Crippen MR) is 64.2 cm³/mol. The number of anilines is 1. The molecule has 1 aliphatic carbocycles. The molecule has 0 saturated heterocycles. The largest absolute Gasteiger partial charge is 0.328 e. The van der Waals surface area contributed by atoms with E-state index in [1.807, 2.05) is 13.8 Å². The van der Waals surface area contributed by atoms with Crippen LogP contribution in [0.3, 0.4) is 0 Å². The molecule has 1 aromatic rings. The van der Waals surface area contributed by atoms with Crippen LogP contribution in [-0.2, 0) is 4.79 Å². The smallest absolute Gasteiger partial charge is 0.315 e. The molecule has 0 radical (unpaired) electrons. The zero-order valence-corrected chi connectivity index (χ0v) is 11.3. The Morgan fingerprint density at radius 1 is 1.53 bits per heavy atom. The second kappa shape index (κ2) is 3.85. The minimum atomic E-state index is -1.00. The van der Waals surface area contributed by atoms with Gasteiger partial charge in [0.25, 0.3) is 0 Å². The van der Waals surface area contributed by atoms with Crippen LogP contribution in [0, 0.1) is 5.41 Å². The average molecular weight is 278 g/mol. The third kappa shape index (κ3) is 2.13. The maximum atomic E-state index is 11.9. The van der Waals surface area contributed by atoms with Crippen LogP contribution in [0.15, 0.2) is 4.52 Å². The molecule has 0 aromatic carbocycles. The summed E-state index contributed by atoms with van der Waals surface area (Å²) in [6.45, 7) is 5.56. The van der Waals surface area contributed by atoms with E-state index < -0.39 is 9.75 Å². The normalized spacial score (nSPS) is 26.0. The summed E-state index contributed by atoms with van der Waals surface area (Å²) in [7, 11) is 0. The molecule has 1 saturated carbocycles. The lowest BCUT2D eigenvalue weighted by Gasteiger charge is -2.09. The van der Waals surface area contributed by atoms with Crippen LogP contribution in [-0.4, -0.2) is 20.4 Å². The van der Waals surface area contributed by atoms with E-state index in [4.69, 9.17) is 27.7 Å². The van der Waals surface area contributed by atoms with E-state index in [-0.39, 0.29) is 17.8 Å². The Kier molecular flexibility index (Phi) is 2.86. The van der Waals surface area contributed by atoms with Gasteiger partial charge in [0, 0.05) is 5.92 Å². The summed E-state index contributed by atoms with van der Waals surface area (Å²) >= 11 is 11.8. The minimum Gasteiger partial charge on any atom is -0.315 e. The summed E-state index contributed by atoms with van der Waals surface area (Å²) in [5.41, 5.74) is -0.789. The highest BCUT2D eigenvalue weighted by molar-refractivity contribution is 6.53. The van der Waals surface area contributed by atoms with Crippen LogP contribution < -0.4 is 5.32 Å². The first-order valence-electron chi connectivity index (χ1n) is 5.29. The topological polar surface area (TPSA) is 68.0 Å². The van der Waals surface area contributed by atoms with Crippen molar-refractivity contribution in [3.8, 4) is 0 Å². The van der Waals surface area contributed by atoms with Gasteiger partial charge >= 0.3 is 6.01 Å². The Labute approximate surface area is 109 Å². The van der Waals surface area contributed by atoms with Crippen molar-refractivity contribution >= 4 is 35.1 Å². The first-order valence-corrected chi connectivity index (χ1v) is 6.05. The van der Waals surface area contributed by atoms with Gasteiger partial charge in [-0.1, -0.05) is 19.0 Å². The molecule has 5 nitrogen and oxygen atoms in total. The number of amides is 1. The number of alkyl halides is 2. The molecule has 1 heterocycles. The van der Waals surface area contributed by atoms with E-state index in [1.165, 1.54) is 0 Å². The molecule has 2 rings (SSSR count). The molecule has 0 aliphatic heterocycles. The van der Waals surface area contributed by atoms with Gasteiger partial charge in [0.15, 0.2) is 5.82 Å². The molecule has 1 fully saturated rings. The number of aromatic nitrogens is 2. The summed E-state index contributed by atoms with van der Waals surface area (Å²) in [6, 6.07) is 0.0796. The third-order valence-electron chi connectivity index (χ3n) is 2.94. The average Bonchev–Trinajstić information content (AvgIpc) is 2.63. The molecule has 7 heteroatoms. The second-order valence-electron chi connectivity index (χ2n) is 4.78. The third-order valence-corrected chi connectivity index (χ3v) is 4.04. The van der Waals surface area contributed by atoms with Crippen molar-refractivity contribution in [1.82, 2.24) is 10.1 Å². The van der Waals surface area contributed by atoms with Crippen LogP contribution >= 0.6 is 23.2 Å². The van der Waals surface area contributed by atoms with Gasteiger partial charge in [-0.25, -0.2) is 0 Å². The van der Waals surface area contributed by atoms with Crippen molar-refractivity contribution in [3.05, 3.63) is 5.82 Å². The van der Waals surface area contributed by atoms with E-state index in [1.54, 1.807) is 6.92 Å². The Morgan fingerprint density at radius 2 is 2.12 bits per heavy atom. The predicted octanol–water partition coefficient (Wildman–Crippen LogP) is 2.72. The van der Waals surface area contributed by atoms with E-state index in [9.17, 15) is 4.79 Å². The van der Waals surface area contributed by atoms with Crippen molar-refractivity contribution < 1.29 is 9.32 Å². The van der Waals surface area contributed by atoms with Crippen molar-refractivity contribution in [3.63, 3.8) is 0 Å². The number of carbonyl (C=O) groups is 1. The van der Waals surface area contributed by atoms with E-state index in [0.717, 1.165) is 0 Å². The quantitative estimate of drug-likeness (QED) is 0.863. The van der Waals surface area contributed by atoms with Crippen molar-refractivity contribution in [2.24, 2.45) is 5.41 Å². The lowest BCUT2D eigenvalue weighted by atomic mass is 10.1. The molecule has 0 bridgehead atoms. The fourth-order valence-corrected chi connectivity index (χ4v) is 2.11. The van der Waals surface area contributed by atoms with Crippen LogP contribution in [0.2, 0.25) is 0 Å². The number of rotatable bonds is 3. The maximum Gasteiger partial charge on any atom is 0.328 e. The maximum absolute atomic E-state index is 11.9. The lowest BCUT2D eigenvalue weighted by Crippen LogP contribution is -2.26. The van der Waals surface area contributed by atoms with Gasteiger partial charge in [0.1, 0.15) is 4.33 Å². The highest BCUT2D eigenvalue weighted by Crippen LogP contribution is 2.64. The minimum absolute atomic E-state index is 0.0796. The molecule has 17 heavy (non-hydrogen) atoms. The van der Waals surface area contributed by atoms with Gasteiger partial charge in [-0.05, 0) is 13.3 Å². The Balaban J connectivity index is 2.04. The summed E-state index contributed by atoms with van der Waals surface area (Å²) in [4.78, 5) is 15.9. The van der Waals surface area contributed by atoms with E-state index in [0.29, 0.717) is 12.2 Å². The molecule has 1 aromatic heterocycles. The highest BCUT2D eigenvalue weighted by atomic mass is 35.5. The van der Waals surface area contributed by atoms with E-state index >= 15 is 0 Å².